The second-order valence-electron chi connectivity index (χ2n) is 2.03. The Hall–Kier alpha value is -1.00. The number of aliphatic hydroxyl groups excluding tert-OH is 1. The fourth-order valence-corrected chi connectivity index (χ4v) is 0.658. The normalized spacial score (nSPS) is 13.4. The van der Waals surface area contributed by atoms with Gasteiger partial charge in [-0.2, -0.15) is 0 Å². The molecule has 0 radical (unpaired) electrons. The van der Waals surface area contributed by atoms with E-state index in [1.54, 1.807) is 12.1 Å². The quantitative estimate of drug-likeness (QED) is 0.536. The standard InChI is InChI=1S/C6H10N2O2/c7-4(3-9)5-1-2-6(8)10-5/h1-2,4,9H,3,7-8H2/t4-/m0/s1. The van der Waals surface area contributed by atoms with Gasteiger partial charge in [0.15, 0.2) is 5.88 Å². The van der Waals surface area contributed by atoms with Crippen molar-refractivity contribution < 1.29 is 9.52 Å². The summed E-state index contributed by atoms with van der Waals surface area (Å²) in [5, 5.41) is 8.57. The Labute approximate surface area is 58.4 Å². The molecule has 1 aromatic heterocycles. The number of aliphatic hydroxyl groups is 1. The molecule has 4 nitrogen and oxygen atoms in total. The van der Waals surface area contributed by atoms with Crippen LogP contribution in [0.4, 0.5) is 5.88 Å². The monoisotopic (exact) mass is 142 g/mol. The van der Waals surface area contributed by atoms with Crippen LogP contribution in [0, 0.1) is 0 Å². The van der Waals surface area contributed by atoms with Crippen LogP contribution in [0.15, 0.2) is 16.5 Å². The topological polar surface area (TPSA) is 85.4 Å². The van der Waals surface area contributed by atoms with Gasteiger partial charge < -0.3 is 21.0 Å². The van der Waals surface area contributed by atoms with Crippen molar-refractivity contribution in [2.75, 3.05) is 12.3 Å². The first-order chi connectivity index (χ1) is 4.74. The molecule has 56 valence electrons. The van der Waals surface area contributed by atoms with Crippen LogP contribution in [-0.4, -0.2) is 11.7 Å². The fourth-order valence-electron chi connectivity index (χ4n) is 0.658. The van der Waals surface area contributed by atoms with E-state index >= 15 is 0 Å². The third-order valence-corrected chi connectivity index (χ3v) is 1.21. The van der Waals surface area contributed by atoms with E-state index in [4.69, 9.17) is 21.0 Å². The Bertz CT molecular complexity index is 209. The third-order valence-electron chi connectivity index (χ3n) is 1.21. The molecule has 0 aliphatic rings. The molecule has 1 heterocycles. The van der Waals surface area contributed by atoms with Crippen molar-refractivity contribution in [2.45, 2.75) is 6.04 Å². The van der Waals surface area contributed by atoms with Gasteiger partial charge in [-0.25, -0.2) is 0 Å². The number of anilines is 1. The van der Waals surface area contributed by atoms with Gasteiger partial charge in [0.2, 0.25) is 0 Å². The van der Waals surface area contributed by atoms with Crippen molar-refractivity contribution in [3.8, 4) is 0 Å². The molecule has 0 aromatic carbocycles. The molecule has 5 N–H and O–H groups in total. The summed E-state index contributed by atoms with van der Waals surface area (Å²) in [7, 11) is 0. The van der Waals surface area contributed by atoms with Gasteiger partial charge in [0, 0.05) is 6.07 Å². The lowest BCUT2D eigenvalue weighted by molar-refractivity contribution is 0.253. The average Bonchev–Trinajstić information content (AvgIpc) is 2.34. The molecule has 0 aliphatic heterocycles. The zero-order valence-electron chi connectivity index (χ0n) is 5.45. The molecule has 10 heavy (non-hydrogen) atoms. The highest BCUT2D eigenvalue weighted by Crippen LogP contribution is 2.14. The van der Waals surface area contributed by atoms with Gasteiger partial charge in [0.05, 0.1) is 12.6 Å². The smallest absolute Gasteiger partial charge is 0.190 e. The summed E-state index contributed by atoms with van der Waals surface area (Å²) >= 11 is 0. The Morgan fingerprint density at radius 1 is 1.60 bits per heavy atom. The van der Waals surface area contributed by atoms with E-state index < -0.39 is 6.04 Å². The molecular formula is C6H10N2O2. The molecule has 0 saturated carbocycles. The van der Waals surface area contributed by atoms with Gasteiger partial charge in [-0.05, 0) is 6.07 Å². The van der Waals surface area contributed by atoms with Crippen LogP contribution in [0.5, 0.6) is 0 Å². The van der Waals surface area contributed by atoms with Gasteiger partial charge in [0.25, 0.3) is 0 Å². The van der Waals surface area contributed by atoms with Crippen LogP contribution in [0.25, 0.3) is 0 Å². The van der Waals surface area contributed by atoms with E-state index in [1.165, 1.54) is 0 Å². The van der Waals surface area contributed by atoms with Crippen molar-refractivity contribution in [3.05, 3.63) is 17.9 Å². The molecule has 0 fully saturated rings. The first kappa shape index (κ1) is 7.11. The highest BCUT2D eigenvalue weighted by Gasteiger charge is 2.07. The molecule has 4 heteroatoms. The Morgan fingerprint density at radius 2 is 2.30 bits per heavy atom. The maximum atomic E-state index is 8.57. The molecule has 1 rings (SSSR count). The van der Waals surface area contributed by atoms with E-state index in [-0.39, 0.29) is 6.61 Å². The lowest BCUT2D eigenvalue weighted by Gasteiger charge is -2.01. The highest BCUT2D eigenvalue weighted by atomic mass is 16.4. The maximum absolute atomic E-state index is 8.57. The largest absolute Gasteiger partial charge is 0.444 e. The van der Waals surface area contributed by atoms with Crippen molar-refractivity contribution in [1.82, 2.24) is 0 Å². The van der Waals surface area contributed by atoms with Crippen LogP contribution in [0.3, 0.4) is 0 Å². The van der Waals surface area contributed by atoms with E-state index in [9.17, 15) is 0 Å². The number of furan rings is 1. The van der Waals surface area contributed by atoms with Crippen LogP contribution in [-0.2, 0) is 0 Å². The van der Waals surface area contributed by atoms with Gasteiger partial charge in [-0.15, -0.1) is 0 Å². The summed E-state index contributed by atoms with van der Waals surface area (Å²) in [6.07, 6.45) is 0. The van der Waals surface area contributed by atoms with Gasteiger partial charge >= 0.3 is 0 Å². The summed E-state index contributed by atoms with van der Waals surface area (Å²) in [6.45, 7) is -0.132. The van der Waals surface area contributed by atoms with Crippen LogP contribution < -0.4 is 11.5 Å². The highest BCUT2D eigenvalue weighted by molar-refractivity contribution is 5.26. The minimum atomic E-state index is -0.461. The SMILES string of the molecule is Nc1ccc([C@@H](N)CO)o1. The molecule has 0 spiro atoms. The van der Waals surface area contributed by atoms with Gasteiger partial charge in [-0.1, -0.05) is 0 Å². The molecule has 0 saturated heterocycles. The van der Waals surface area contributed by atoms with Crippen LogP contribution >= 0.6 is 0 Å². The third kappa shape index (κ3) is 1.29. The first-order valence-corrected chi connectivity index (χ1v) is 2.95. The predicted molar refractivity (Wildman–Crippen MR) is 37.1 cm³/mol. The summed E-state index contributed by atoms with van der Waals surface area (Å²) in [5.41, 5.74) is 10.7. The van der Waals surface area contributed by atoms with Crippen molar-refractivity contribution in [1.29, 1.82) is 0 Å². The second kappa shape index (κ2) is 2.72. The van der Waals surface area contributed by atoms with Crippen molar-refractivity contribution >= 4 is 5.88 Å². The van der Waals surface area contributed by atoms with E-state index in [0.29, 0.717) is 11.6 Å². The van der Waals surface area contributed by atoms with Crippen molar-refractivity contribution in [2.24, 2.45) is 5.73 Å². The minimum absolute atomic E-state index is 0.132. The van der Waals surface area contributed by atoms with Gasteiger partial charge in [-0.3, -0.25) is 0 Å². The molecule has 1 atom stereocenters. The molecule has 0 aliphatic carbocycles. The van der Waals surface area contributed by atoms with E-state index in [0.717, 1.165) is 0 Å². The zero-order valence-corrected chi connectivity index (χ0v) is 5.45. The Morgan fingerprint density at radius 3 is 2.70 bits per heavy atom. The fraction of sp³-hybridized carbons (Fsp3) is 0.333. The average molecular weight is 142 g/mol. The summed E-state index contributed by atoms with van der Waals surface area (Å²) in [4.78, 5) is 0. The Kier molecular flexibility index (Phi) is 1.94. The van der Waals surface area contributed by atoms with Crippen LogP contribution in [0.2, 0.25) is 0 Å². The number of hydrogen-bond acceptors (Lipinski definition) is 4. The molecule has 0 bridgehead atoms. The van der Waals surface area contributed by atoms with E-state index in [2.05, 4.69) is 0 Å². The maximum Gasteiger partial charge on any atom is 0.190 e. The number of rotatable bonds is 2. The predicted octanol–water partition coefficient (Wildman–Crippen LogP) is -0.146. The molecule has 1 aromatic rings. The number of nitrogens with two attached hydrogens (primary N) is 2. The second-order valence-corrected chi connectivity index (χ2v) is 2.03. The first-order valence-electron chi connectivity index (χ1n) is 2.95. The van der Waals surface area contributed by atoms with Crippen molar-refractivity contribution in [3.63, 3.8) is 0 Å². The van der Waals surface area contributed by atoms with Crippen LogP contribution in [0.1, 0.15) is 11.8 Å². The molecule has 0 amide bonds. The number of nitrogen functional groups attached to an aromatic ring is 1. The molecule has 0 unspecified atom stereocenters. The number of hydrogen-bond donors (Lipinski definition) is 3. The van der Waals surface area contributed by atoms with E-state index in [1.807, 2.05) is 0 Å². The molecular weight excluding hydrogens is 132 g/mol. The Balaban J connectivity index is 2.74. The lowest BCUT2D eigenvalue weighted by Crippen LogP contribution is -2.13. The summed E-state index contributed by atoms with van der Waals surface area (Å²) in [6, 6.07) is 2.79. The summed E-state index contributed by atoms with van der Waals surface area (Å²) < 4.78 is 4.93. The lowest BCUT2D eigenvalue weighted by atomic mass is 10.2. The van der Waals surface area contributed by atoms with Gasteiger partial charge in [0.1, 0.15) is 5.76 Å². The minimum Gasteiger partial charge on any atom is -0.444 e. The zero-order chi connectivity index (χ0) is 7.56. The summed E-state index contributed by atoms with van der Waals surface area (Å²) in [5.74, 6) is 0.832.